The highest BCUT2D eigenvalue weighted by molar-refractivity contribution is 5.95. The number of pyridine rings is 1. The summed E-state index contributed by atoms with van der Waals surface area (Å²) >= 11 is 0. The molecule has 7 heteroatoms. The molecule has 0 aliphatic heterocycles. The number of amides is 2. The highest BCUT2D eigenvalue weighted by Crippen LogP contribution is 2.18. The van der Waals surface area contributed by atoms with Gasteiger partial charge in [0, 0.05) is 43.7 Å². The predicted octanol–water partition coefficient (Wildman–Crippen LogP) is 4.23. The number of nitrogens with zero attached hydrogens (tertiary/aromatic N) is 1. The molecule has 2 amide bonds. The minimum Gasteiger partial charge on any atom is -0.497 e. The van der Waals surface area contributed by atoms with Crippen molar-refractivity contribution >= 4 is 11.8 Å². The maximum Gasteiger partial charge on any atom is 0.251 e. The number of hydrogen-bond donors (Lipinski definition) is 3. The molecule has 0 aliphatic carbocycles. The number of benzene rings is 3. The SMILES string of the molecule is CO.COc1ccc(CNC(=O)c2cccc(CNC(=O)c3ccc(-c4ccncc4)cc3)c2)cc1. The molecule has 0 aliphatic rings. The van der Waals surface area contributed by atoms with Gasteiger partial charge in [0.1, 0.15) is 5.75 Å². The number of nitrogens with one attached hydrogen (secondary N) is 2. The lowest BCUT2D eigenvalue weighted by Gasteiger charge is -2.09. The van der Waals surface area contributed by atoms with Gasteiger partial charge in [-0.3, -0.25) is 14.6 Å². The average Bonchev–Trinajstić information content (AvgIpc) is 2.96. The smallest absolute Gasteiger partial charge is 0.251 e. The van der Waals surface area contributed by atoms with E-state index in [0.29, 0.717) is 24.2 Å². The molecule has 4 rings (SSSR count). The molecule has 1 heterocycles. The molecule has 0 spiro atoms. The van der Waals surface area contributed by atoms with Gasteiger partial charge in [-0.05, 0) is 70.8 Å². The van der Waals surface area contributed by atoms with Crippen molar-refractivity contribution in [3.8, 4) is 16.9 Å². The number of ether oxygens (including phenoxy) is 1. The zero-order chi connectivity index (χ0) is 25.8. The lowest BCUT2D eigenvalue weighted by molar-refractivity contribution is 0.0945. The number of rotatable bonds is 8. The number of carbonyl (C=O) groups is 2. The summed E-state index contributed by atoms with van der Waals surface area (Å²) in [6, 6.07) is 26.1. The van der Waals surface area contributed by atoms with Crippen molar-refractivity contribution in [1.82, 2.24) is 15.6 Å². The highest BCUT2D eigenvalue weighted by atomic mass is 16.5. The van der Waals surface area contributed by atoms with Crippen LogP contribution in [0.15, 0.2) is 97.3 Å². The summed E-state index contributed by atoms with van der Waals surface area (Å²) in [6.45, 7) is 0.740. The Kier molecular flexibility index (Phi) is 9.73. The zero-order valence-corrected chi connectivity index (χ0v) is 20.3. The Balaban J connectivity index is 0.00000176. The van der Waals surface area contributed by atoms with Crippen molar-refractivity contribution in [2.75, 3.05) is 14.2 Å². The fourth-order valence-corrected chi connectivity index (χ4v) is 3.49. The van der Waals surface area contributed by atoms with Crippen LogP contribution in [0.5, 0.6) is 5.75 Å². The van der Waals surface area contributed by atoms with Gasteiger partial charge in [0.2, 0.25) is 0 Å². The van der Waals surface area contributed by atoms with Crippen molar-refractivity contribution in [2.24, 2.45) is 0 Å². The first-order chi connectivity index (χ1) is 17.6. The Morgan fingerprint density at radius 2 is 1.31 bits per heavy atom. The summed E-state index contributed by atoms with van der Waals surface area (Å²) in [6.07, 6.45) is 3.48. The summed E-state index contributed by atoms with van der Waals surface area (Å²) in [5, 5.41) is 12.8. The molecule has 0 fully saturated rings. The summed E-state index contributed by atoms with van der Waals surface area (Å²) < 4.78 is 5.15. The predicted molar refractivity (Wildman–Crippen MR) is 140 cm³/mol. The van der Waals surface area contributed by atoms with Gasteiger partial charge in [-0.15, -0.1) is 0 Å². The molecule has 0 unspecified atom stereocenters. The molecule has 3 aromatic carbocycles. The fourth-order valence-electron chi connectivity index (χ4n) is 3.49. The molecule has 4 aromatic rings. The number of hydrogen-bond acceptors (Lipinski definition) is 5. The minimum atomic E-state index is -0.171. The van der Waals surface area contributed by atoms with Crippen LogP contribution in [0.2, 0.25) is 0 Å². The highest BCUT2D eigenvalue weighted by Gasteiger charge is 2.09. The van der Waals surface area contributed by atoms with Crippen molar-refractivity contribution in [1.29, 1.82) is 0 Å². The summed E-state index contributed by atoms with van der Waals surface area (Å²) in [4.78, 5) is 29.2. The largest absolute Gasteiger partial charge is 0.497 e. The summed E-state index contributed by atoms with van der Waals surface area (Å²) in [5.41, 5.74) is 5.01. The first-order valence-electron chi connectivity index (χ1n) is 11.4. The third-order valence-electron chi connectivity index (χ3n) is 5.42. The van der Waals surface area contributed by atoms with E-state index in [-0.39, 0.29) is 11.8 Å². The third-order valence-corrected chi connectivity index (χ3v) is 5.42. The van der Waals surface area contributed by atoms with E-state index in [1.54, 1.807) is 43.8 Å². The van der Waals surface area contributed by atoms with Crippen LogP contribution >= 0.6 is 0 Å². The Labute approximate surface area is 210 Å². The van der Waals surface area contributed by atoms with E-state index in [9.17, 15) is 9.59 Å². The van der Waals surface area contributed by atoms with Gasteiger partial charge in [-0.25, -0.2) is 0 Å². The fraction of sp³-hybridized carbons (Fsp3) is 0.138. The molecule has 3 N–H and O–H groups in total. The minimum absolute atomic E-state index is 0.171. The van der Waals surface area contributed by atoms with Crippen molar-refractivity contribution in [2.45, 2.75) is 13.1 Å². The van der Waals surface area contributed by atoms with Crippen molar-refractivity contribution in [3.63, 3.8) is 0 Å². The Morgan fingerprint density at radius 3 is 1.94 bits per heavy atom. The number of aliphatic hydroxyl groups excluding tert-OH is 1. The second kappa shape index (κ2) is 13.4. The van der Waals surface area contributed by atoms with Crippen LogP contribution in [-0.4, -0.2) is 36.1 Å². The molecule has 36 heavy (non-hydrogen) atoms. The zero-order valence-electron chi connectivity index (χ0n) is 20.3. The van der Waals surface area contributed by atoms with Gasteiger partial charge >= 0.3 is 0 Å². The first-order valence-corrected chi connectivity index (χ1v) is 11.4. The Hall–Kier alpha value is -4.49. The van der Waals surface area contributed by atoms with E-state index in [1.165, 1.54) is 0 Å². The van der Waals surface area contributed by atoms with Crippen LogP contribution in [0, 0.1) is 0 Å². The van der Waals surface area contributed by atoms with Gasteiger partial charge in [0.25, 0.3) is 11.8 Å². The number of carbonyl (C=O) groups excluding carboxylic acids is 2. The standard InChI is InChI=1S/C28H25N3O3.CH4O/c1-34-26-11-5-20(6-12-26)18-30-28(33)25-4-2-3-21(17-25)19-31-27(32)24-9-7-22(8-10-24)23-13-15-29-16-14-23;1-2/h2-17H,18-19H2,1H3,(H,30,33)(H,31,32);2H,1H3. The molecule has 0 saturated heterocycles. The first kappa shape index (κ1) is 26.1. The van der Waals surface area contributed by atoms with Gasteiger partial charge in [0.05, 0.1) is 7.11 Å². The maximum atomic E-state index is 12.6. The van der Waals surface area contributed by atoms with Gasteiger partial charge in [0.15, 0.2) is 0 Å². The van der Waals surface area contributed by atoms with E-state index >= 15 is 0 Å². The Morgan fingerprint density at radius 1 is 0.722 bits per heavy atom. The second-order valence-electron chi connectivity index (χ2n) is 7.73. The van der Waals surface area contributed by atoms with Crippen LogP contribution in [0.4, 0.5) is 0 Å². The van der Waals surface area contributed by atoms with Crippen LogP contribution in [0.25, 0.3) is 11.1 Å². The monoisotopic (exact) mass is 483 g/mol. The number of aromatic nitrogens is 1. The summed E-state index contributed by atoms with van der Waals surface area (Å²) in [5.74, 6) is 0.431. The van der Waals surface area contributed by atoms with Crippen LogP contribution < -0.4 is 15.4 Å². The second-order valence-corrected chi connectivity index (χ2v) is 7.73. The van der Waals surface area contributed by atoms with E-state index in [1.807, 2.05) is 60.7 Å². The molecular formula is C29H29N3O4. The van der Waals surface area contributed by atoms with Gasteiger partial charge in [-0.1, -0.05) is 36.4 Å². The lowest BCUT2D eigenvalue weighted by Crippen LogP contribution is -2.24. The summed E-state index contributed by atoms with van der Waals surface area (Å²) in [7, 11) is 2.62. The van der Waals surface area contributed by atoms with E-state index in [0.717, 1.165) is 35.1 Å². The lowest BCUT2D eigenvalue weighted by atomic mass is 10.0. The quantitative estimate of drug-likeness (QED) is 0.348. The molecule has 7 nitrogen and oxygen atoms in total. The number of aliphatic hydroxyl groups is 1. The number of methoxy groups -OCH3 is 1. The van der Waals surface area contributed by atoms with Crippen LogP contribution in [0.3, 0.4) is 0 Å². The topological polar surface area (TPSA) is 101 Å². The normalized spacial score (nSPS) is 9.97. The molecular weight excluding hydrogens is 454 g/mol. The Bertz CT molecular complexity index is 1260. The average molecular weight is 484 g/mol. The maximum absolute atomic E-state index is 12.6. The molecule has 0 saturated carbocycles. The van der Waals surface area contributed by atoms with Crippen LogP contribution in [-0.2, 0) is 13.1 Å². The van der Waals surface area contributed by atoms with Crippen LogP contribution in [0.1, 0.15) is 31.8 Å². The van der Waals surface area contributed by atoms with E-state index in [2.05, 4.69) is 15.6 Å². The molecule has 0 atom stereocenters. The van der Waals surface area contributed by atoms with E-state index < -0.39 is 0 Å². The molecule has 0 radical (unpaired) electrons. The molecule has 0 bridgehead atoms. The molecule has 1 aromatic heterocycles. The van der Waals surface area contributed by atoms with Crippen molar-refractivity contribution in [3.05, 3.63) is 120 Å². The molecule has 184 valence electrons. The van der Waals surface area contributed by atoms with Crippen molar-refractivity contribution < 1.29 is 19.4 Å². The third kappa shape index (κ3) is 7.25. The van der Waals surface area contributed by atoms with Gasteiger partial charge < -0.3 is 20.5 Å². The van der Waals surface area contributed by atoms with Gasteiger partial charge in [-0.2, -0.15) is 0 Å². The van der Waals surface area contributed by atoms with E-state index in [4.69, 9.17) is 9.84 Å².